The van der Waals surface area contributed by atoms with Gasteiger partial charge in [0, 0.05) is 6.54 Å². The molecule has 1 fully saturated rings. The van der Waals surface area contributed by atoms with Crippen molar-refractivity contribution in [3.63, 3.8) is 0 Å². The molecule has 1 aliphatic carbocycles. The molecule has 0 bridgehead atoms. The van der Waals surface area contributed by atoms with Crippen LogP contribution >= 0.6 is 11.5 Å². The molecule has 3 rings (SSSR count). The maximum atomic E-state index is 12.8. The lowest BCUT2D eigenvalue weighted by atomic mass is 9.84. The van der Waals surface area contributed by atoms with Gasteiger partial charge in [0.15, 0.2) is 0 Å². The van der Waals surface area contributed by atoms with E-state index in [-0.39, 0.29) is 11.9 Å². The van der Waals surface area contributed by atoms with Crippen LogP contribution in [0.1, 0.15) is 47.5 Å². The monoisotopic (exact) mass is 301 g/mol. The second-order valence-corrected chi connectivity index (χ2v) is 6.41. The molecule has 2 aromatic rings. The van der Waals surface area contributed by atoms with E-state index >= 15 is 0 Å². The first-order chi connectivity index (χ1) is 10.3. The average molecular weight is 301 g/mol. The maximum absolute atomic E-state index is 12.8. The van der Waals surface area contributed by atoms with E-state index in [2.05, 4.69) is 28.6 Å². The van der Waals surface area contributed by atoms with Gasteiger partial charge in [-0.25, -0.2) is 0 Å². The minimum Gasteiger partial charge on any atom is -0.331 e. The van der Waals surface area contributed by atoms with Crippen LogP contribution in [-0.2, 0) is 0 Å². The third kappa shape index (κ3) is 3.13. The smallest absolute Gasteiger partial charge is 0.267 e. The molecule has 5 heteroatoms. The summed E-state index contributed by atoms with van der Waals surface area (Å²) in [6, 6.07) is 10.3. The van der Waals surface area contributed by atoms with Crippen molar-refractivity contribution in [3.8, 4) is 0 Å². The van der Waals surface area contributed by atoms with Gasteiger partial charge in [0.1, 0.15) is 4.88 Å². The number of hydrogen-bond acceptors (Lipinski definition) is 4. The molecular weight excluding hydrogens is 282 g/mol. The fraction of sp³-hybridized carbons (Fsp3) is 0.438. The largest absolute Gasteiger partial charge is 0.331 e. The minimum atomic E-state index is 0.0493. The molecule has 1 atom stereocenters. The van der Waals surface area contributed by atoms with Crippen LogP contribution in [0.3, 0.4) is 0 Å². The Balaban J connectivity index is 1.82. The molecule has 4 nitrogen and oxygen atoms in total. The lowest BCUT2D eigenvalue weighted by Gasteiger charge is -2.36. The number of amides is 1. The van der Waals surface area contributed by atoms with Crippen molar-refractivity contribution < 1.29 is 4.79 Å². The van der Waals surface area contributed by atoms with E-state index in [0.717, 1.165) is 6.54 Å². The van der Waals surface area contributed by atoms with Crippen molar-refractivity contribution in [2.24, 2.45) is 5.92 Å². The van der Waals surface area contributed by atoms with Crippen LogP contribution in [0.4, 0.5) is 0 Å². The van der Waals surface area contributed by atoms with E-state index < -0.39 is 0 Å². The number of carbonyl (C=O) groups is 1. The summed E-state index contributed by atoms with van der Waals surface area (Å²) in [6.45, 7) is 2.92. The first-order valence-corrected chi connectivity index (χ1v) is 8.16. The fourth-order valence-corrected chi connectivity index (χ4v) is 3.16. The Labute approximate surface area is 129 Å². The van der Waals surface area contributed by atoms with Crippen molar-refractivity contribution in [2.45, 2.75) is 32.2 Å². The number of rotatable bonds is 5. The molecule has 0 radical (unpaired) electrons. The topological polar surface area (TPSA) is 46.1 Å². The summed E-state index contributed by atoms with van der Waals surface area (Å²) >= 11 is 1.17. The highest BCUT2D eigenvalue weighted by Crippen LogP contribution is 2.31. The van der Waals surface area contributed by atoms with Crippen LogP contribution in [-0.4, -0.2) is 26.9 Å². The van der Waals surface area contributed by atoms with Crippen molar-refractivity contribution in [1.82, 2.24) is 14.5 Å². The number of nitrogens with zero attached hydrogens (tertiary/aromatic N) is 3. The maximum Gasteiger partial charge on any atom is 0.267 e. The van der Waals surface area contributed by atoms with Crippen molar-refractivity contribution >= 4 is 17.4 Å². The van der Waals surface area contributed by atoms with Gasteiger partial charge in [-0.05, 0) is 42.8 Å². The zero-order chi connectivity index (χ0) is 14.7. The Morgan fingerprint density at radius 2 is 2.14 bits per heavy atom. The predicted octanol–water partition coefficient (Wildman–Crippen LogP) is 3.54. The molecule has 0 unspecified atom stereocenters. The first-order valence-electron chi connectivity index (χ1n) is 7.39. The molecule has 0 N–H and O–H groups in total. The first kappa shape index (κ1) is 14.2. The molecule has 21 heavy (non-hydrogen) atoms. The van der Waals surface area contributed by atoms with Crippen molar-refractivity contribution in [2.75, 3.05) is 6.54 Å². The van der Waals surface area contributed by atoms with Crippen LogP contribution in [0.5, 0.6) is 0 Å². The van der Waals surface area contributed by atoms with Gasteiger partial charge in [0.2, 0.25) is 0 Å². The number of hydrogen-bond donors (Lipinski definition) is 0. The minimum absolute atomic E-state index is 0.0493. The number of benzene rings is 1. The highest BCUT2D eigenvalue weighted by atomic mass is 32.1. The second kappa shape index (κ2) is 6.35. The van der Waals surface area contributed by atoms with Crippen LogP contribution in [0, 0.1) is 5.92 Å². The van der Waals surface area contributed by atoms with Gasteiger partial charge in [0.05, 0.1) is 12.2 Å². The van der Waals surface area contributed by atoms with Gasteiger partial charge in [0.25, 0.3) is 5.91 Å². The molecule has 1 heterocycles. The van der Waals surface area contributed by atoms with E-state index in [1.165, 1.54) is 36.4 Å². The molecule has 1 saturated carbocycles. The average Bonchev–Trinajstić information content (AvgIpc) is 3.00. The molecule has 1 aromatic heterocycles. The summed E-state index contributed by atoms with van der Waals surface area (Å²) in [6.07, 6.45) is 5.31. The third-order valence-corrected chi connectivity index (χ3v) is 4.91. The summed E-state index contributed by atoms with van der Waals surface area (Å²) < 4.78 is 3.82. The lowest BCUT2D eigenvalue weighted by Crippen LogP contribution is -2.39. The zero-order valence-corrected chi connectivity index (χ0v) is 12.9. The number of aromatic nitrogens is 2. The summed E-state index contributed by atoms with van der Waals surface area (Å²) in [5.41, 5.74) is 1.17. The highest BCUT2D eigenvalue weighted by molar-refractivity contribution is 7.07. The van der Waals surface area contributed by atoms with Gasteiger partial charge >= 0.3 is 0 Å². The molecule has 0 spiro atoms. The molecule has 1 amide bonds. The van der Waals surface area contributed by atoms with Crippen molar-refractivity contribution in [1.29, 1.82) is 0 Å². The van der Waals surface area contributed by atoms with Gasteiger partial charge in [-0.3, -0.25) is 4.79 Å². The van der Waals surface area contributed by atoms with Crippen LogP contribution in [0.15, 0.2) is 36.5 Å². The Hall–Kier alpha value is -1.75. The van der Waals surface area contributed by atoms with Crippen LogP contribution in [0.25, 0.3) is 0 Å². The lowest BCUT2D eigenvalue weighted by molar-refractivity contribution is 0.0618. The third-order valence-electron chi connectivity index (χ3n) is 4.26. The molecule has 0 aliphatic heterocycles. The summed E-state index contributed by atoms with van der Waals surface area (Å²) in [4.78, 5) is 15.4. The van der Waals surface area contributed by atoms with E-state index in [1.807, 2.05) is 23.1 Å². The normalized spacial score (nSPS) is 16.2. The zero-order valence-electron chi connectivity index (χ0n) is 12.1. The fourth-order valence-electron chi connectivity index (χ4n) is 2.68. The molecule has 1 aliphatic rings. The Kier molecular flexibility index (Phi) is 4.29. The van der Waals surface area contributed by atoms with Gasteiger partial charge in [-0.1, -0.05) is 41.2 Å². The van der Waals surface area contributed by atoms with Crippen molar-refractivity contribution in [3.05, 3.63) is 47.0 Å². The predicted molar refractivity (Wildman–Crippen MR) is 83.1 cm³/mol. The van der Waals surface area contributed by atoms with E-state index in [1.54, 1.807) is 6.20 Å². The molecule has 110 valence electrons. The molecule has 0 saturated heterocycles. The summed E-state index contributed by atoms with van der Waals surface area (Å²) in [5, 5.41) is 3.79. The number of carbonyl (C=O) groups excluding carboxylic acids is 1. The molecule has 1 aromatic carbocycles. The van der Waals surface area contributed by atoms with E-state index in [0.29, 0.717) is 10.8 Å². The SMILES string of the molecule is C[C@H](c1ccccc1)N(CC1CCC1)C(=O)c1cnns1. The quantitative estimate of drug-likeness (QED) is 0.848. The highest BCUT2D eigenvalue weighted by Gasteiger charge is 2.29. The molecular formula is C16H19N3OS. The standard InChI is InChI=1S/C16H19N3OS/c1-12(14-8-3-2-4-9-14)19(11-13-6-5-7-13)16(20)15-10-17-18-21-15/h2-4,8-10,12-13H,5-7,11H2,1H3/t12-/m1/s1. The van der Waals surface area contributed by atoms with Crippen LogP contribution < -0.4 is 0 Å². The Morgan fingerprint density at radius 1 is 1.38 bits per heavy atom. The Bertz CT molecular complexity index is 581. The van der Waals surface area contributed by atoms with Gasteiger partial charge < -0.3 is 4.90 Å². The second-order valence-electron chi connectivity index (χ2n) is 5.62. The van der Waals surface area contributed by atoms with Crippen LogP contribution in [0.2, 0.25) is 0 Å². The van der Waals surface area contributed by atoms with Gasteiger partial charge in [-0.15, -0.1) is 5.10 Å². The van der Waals surface area contributed by atoms with Gasteiger partial charge in [-0.2, -0.15) is 0 Å². The van der Waals surface area contributed by atoms with E-state index in [9.17, 15) is 4.79 Å². The van der Waals surface area contributed by atoms with E-state index in [4.69, 9.17) is 0 Å². The summed E-state index contributed by atoms with van der Waals surface area (Å²) in [7, 11) is 0. The Morgan fingerprint density at radius 3 is 2.71 bits per heavy atom. The summed E-state index contributed by atoms with van der Waals surface area (Å²) in [5.74, 6) is 0.689.